The Balaban J connectivity index is 1.59. The summed E-state index contributed by atoms with van der Waals surface area (Å²) in [6.07, 6.45) is 4.85. The highest BCUT2D eigenvalue weighted by molar-refractivity contribution is 6.04. The number of ether oxygens (including phenoxy) is 1. The van der Waals surface area contributed by atoms with Crippen LogP contribution in [-0.4, -0.2) is 26.2 Å². The first-order chi connectivity index (χ1) is 18.8. The molecule has 196 valence electrons. The van der Waals surface area contributed by atoms with E-state index >= 15 is 0 Å². The van der Waals surface area contributed by atoms with Crippen LogP contribution in [0.3, 0.4) is 0 Å². The number of hydrogen-bond acceptors (Lipinski definition) is 6. The Morgan fingerprint density at radius 3 is 2.46 bits per heavy atom. The van der Waals surface area contributed by atoms with E-state index in [1.54, 1.807) is 37.7 Å². The SMILES string of the molecule is COc1ccc(-c2ccc3ncc4c(c3c2)n(-c2ccc(N3C=CC=CN3)c(C(F)(F)F)c2)c(=O)n4C)cn1. The second-order valence-corrected chi connectivity index (χ2v) is 8.89. The van der Waals surface area contributed by atoms with E-state index in [1.165, 1.54) is 45.8 Å². The van der Waals surface area contributed by atoms with Crippen LogP contribution in [0.25, 0.3) is 38.8 Å². The molecule has 0 radical (unpaired) electrons. The van der Waals surface area contributed by atoms with Gasteiger partial charge in [-0.25, -0.2) is 9.78 Å². The first-order valence-corrected chi connectivity index (χ1v) is 11.9. The summed E-state index contributed by atoms with van der Waals surface area (Å²) < 4.78 is 50.6. The zero-order chi connectivity index (χ0) is 27.3. The highest BCUT2D eigenvalue weighted by atomic mass is 19.4. The number of rotatable bonds is 4. The number of nitrogens with one attached hydrogen (secondary N) is 1. The Kier molecular flexibility index (Phi) is 5.63. The lowest BCUT2D eigenvalue weighted by Crippen LogP contribution is -2.32. The van der Waals surface area contributed by atoms with Crippen molar-refractivity contribution in [3.63, 3.8) is 0 Å². The highest BCUT2D eigenvalue weighted by Crippen LogP contribution is 2.39. The van der Waals surface area contributed by atoms with Crippen LogP contribution in [0.2, 0.25) is 0 Å². The lowest BCUT2D eigenvalue weighted by atomic mass is 10.0. The molecule has 0 saturated carbocycles. The number of hydrazine groups is 1. The molecule has 1 aliphatic rings. The van der Waals surface area contributed by atoms with E-state index in [1.807, 2.05) is 24.3 Å². The van der Waals surface area contributed by atoms with E-state index in [-0.39, 0.29) is 11.4 Å². The molecule has 0 aliphatic carbocycles. The molecule has 11 heteroatoms. The lowest BCUT2D eigenvalue weighted by molar-refractivity contribution is -0.137. The zero-order valence-electron chi connectivity index (χ0n) is 20.8. The van der Waals surface area contributed by atoms with Crippen molar-refractivity contribution in [2.75, 3.05) is 12.1 Å². The number of aryl methyl sites for hydroxylation is 1. The molecule has 2 aromatic carbocycles. The smallest absolute Gasteiger partial charge is 0.418 e. The molecule has 0 bridgehead atoms. The summed E-state index contributed by atoms with van der Waals surface area (Å²) >= 11 is 0. The van der Waals surface area contributed by atoms with Crippen LogP contribution in [0, 0.1) is 0 Å². The van der Waals surface area contributed by atoms with E-state index in [0.29, 0.717) is 27.8 Å². The number of alkyl halides is 3. The molecule has 8 nitrogen and oxygen atoms in total. The van der Waals surface area contributed by atoms with Crippen LogP contribution >= 0.6 is 0 Å². The van der Waals surface area contributed by atoms with Crippen LogP contribution in [0.15, 0.2) is 90.3 Å². The van der Waals surface area contributed by atoms with Gasteiger partial charge in [0.2, 0.25) is 5.88 Å². The quantitative estimate of drug-likeness (QED) is 0.339. The predicted molar refractivity (Wildman–Crippen MR) is 142 cm³/mol. The van der Waals surface area contributed by atoms with E-state index < -0.39 is 17.4 Å². The van der Waals surface area contributed by atoms with Gasteiger partial charge < -0.3 is 10.2 Å². The Labute approximate surface area is 219 Å². The lowest BCUT2D eigenvalue weighted by Gasteiger charge is -2.26. The number of allylic oxidation sites excluding steroid dienone is 2. The number of hydrogen-bond donors (Lipinski definition) is 1. The molecule has 0 spiro atoms. The Morgan fingerprint density at radius 2 is 1.77 bits per heavy atom. The maximum atomic E-state index is 14.3. The van der Waals surface area contributed by atoms with Crippen LogP contribution < -0.4 is 20.9 Å². The predicted octanol–water partition coefficient (Wildman–Crippen LogP) is 5.32. The number of aromatic nitrogens is 4. The second-order valence-electron chi connectivity index (χ2n) is 8.89. The Morgan fingerprint density at radius 1 is 0.949 bits per heavy atom. The summed E-state index contributed by atoms with van der Waals surface area (Å²) in [5.74, 6) is 0.468. The van der Waals surface area contributed by atoms with Gasteiger partial charge in [-0.15, -0.1) is 0 Å². The standard InChI is InChI=1S/C28H21F3N6O2/c1-35-24-16-32-22-8-5-17(18-6-10-25(39-2)33-15-18)13-20(22)26(24)37(27(35)38)19-7-9-23(21(14-19)28(29,30)31)36-12-4-3-11-34-36/h3-16,34H,1-2H3. The van der Waals surface area contributed by atoms with Gasteiger partial charge in [-0.2, -0.15) is 13.2 Å². The average Bonchev–Trinajstić information content (AvgIpc) is 3.22. The molecule has 1 N–H and O–H groups in total. The number of fused-ring (bicyclic) bond motifs is 3. The number of pyridine rings is 2. The molecule has 1 aliphatic heterocycles. The minimum Gasteiger partial charge on any atom is -0.481 e. The molecule has 4 heterocycles. The summed E-state index contributed by atoms with van der Waals surface area (Å²) in [6.45, 7) is 0. The largest absolute Gasteiger partial charge is 0.481 e. The van der Waals surface area contributed by atoms with Crippen molar-refractivity contribution >= 4 is 27.6 Å². The van der Waals surface area contributed by atoms with Crippen molar-refractivity contribution in [2.24, 2.45) is 7.05 Å². The average molecular weight is 531 g/mol. The molecule has 0 fully saturated rings. The van der Waals surface area contributed by atoms with Crippen molar-refractivity contribution in [2.45, 2.75) is 6.18 Å². The molecule has 0 atom stereocenters. The molecule has 3 aromatic heterocycles. The molecule has 0 saturated heterocycles. The second kappa shape index (κ2) is 9.05. The maximum absolute atomic E-state index is 14.3. The van der Waals surface area contributed by atoms with Gasteiger partial charge in [0.05, 0.1) is 46.8 Å². The van der Waals surface area contributed by atoms with Crippen LogP contribution in [0.5, 0.6) is 5.88 Å². The zero-order valence-corrected chi connectivity index (χ0v) is 20.8. The minimum atomic E-state index is -4.67. The maximum Gasteiger partial charge on any atom is 0.418 e. The van der Waals surface area contributed by atoms with Gasteiger partial charge in [0.25, 0.3) is 0 Å². The normalized spacial score (nSPS) is 13.3. The number of methoxy groups -OCH3 is 1. The summed E-state index contributed by atoms with van der Waals surface area (Å²) in [5.41, 5.74) is 4.53. The third kappa shape index (κ3) is 4.08. The van der Waals surface area contributed by atoms with E-state index in [0.717, 1.165) is 17.2 Å². The van der Waals surface area contributed by atoms with Crippen molar-refractivity contribution in [1.82, 2.24) is 24.5 Å². The summed E-state index contributed by atoms with van der Waals surface area (Å²) in [4.78, 5) is 22.2. The van der Waals surface area contributed by atoms with E-state index in [9.17, 15) is 18.0 Å². The van der Waals surface area contributed by atoms with Crippen molar-refractivity contribution < 1.29 is 17.9 Å². The van der Waals surface area contributed by atoms with Crippen LogP contribution in [0.1, 0.15) is 5.56 Å². The molecular formula is C28H21F3N6O2. The molecular weight excluding hydrogens is 509 g/mol. The fourth-order valence-electron chi connectivity index (χ4n) is 4.70. The van der Waals surface area contributed by atoms with Gasteiger partial charge in [0.1, 0.15) is 0 Å². The number of nitrogens with zero attached hydrogens (tertiary/aromatic N) is 5. The minimum absolute atomic E-state index is 0.0854. The summed E-state index contributed by atoms with van der Waals surface area (Å²) in [6, 6.07) is 13.0. The number of anilines is 1. The number of halogens is 3. The molecule has 0 amide bonds. The van der Waals surface area contributed by atoms with Gasteiger partial charge in [0.15, 0.2) is 0 Å². The van der Waals surface area contributed by atoms with Gasteiger partial charge in [0, 0.05) is 42.7 Å². The fourth-order valence-corrected chi connectivity index (χ4v) is 4.70. The third-order valence-corrected chi connectivity index (χ3v) is 6.62. The fraction of sp³-hybridized carbons (Fsp3) is 0.107. The number of benzene rings is 2. The van der Waals surface area contributed by atoms with Gasteiger partial charge in [-0.05, 0) is 54.1 Å². The van der Waals surface area contributed by atoms with Gasteiger partial charge in [-0.1, -0.05) is 6.07 Å². The van der Waals surface area contributed by atoms with E-state index in [4.69, 9.17) is 4.74 Å². The first-order valence-electron chi connectivity index (χ1n) is 11.9. The summed E-state index contributed by atoms with van der Waals surface area (Å²) in [5, 5.41) is 1.88. The Bertz CT molecular complexity index is 1850. The first kappa shape index (κ1) is 24.3. The molecule has 6 rings (SSSR count). The Hall–Kier alpha value is -5.06. The van der Waals surface area contributed by atoms with Crippen LogP contribution in [-0.2, 0) is 13.2 Å². The van der Waals surface area contributed by atoms with Crippen LogP contribution in [0.4, 0.5) is 18.9 Å². The monoisotopic (exact) mass is 530 g/mol. The van der Waals surface area contributed by atoms with Gasteiger partial charge in [-0.3, -0.25) is 19.1 Å². The topological polar surface area (TPSA) is 77.2 Å². The van der Waals surface area contributed by atoms with Crippen molar-refractivity contribution in [1.29, 1.82) is 0 Å². The molecule has 0 unspecified atom stereocenters. The van der Waals surface area contributed by atoms with Crippen molar-refractivity contribution in [3.8, 4) is 22.7 Å². The summed E-state index contributed by atoms with van der Waals surface area (Å²) in [7, 11) is 3.10. The van der Waals surface area contributed by atoms with Gasteiger partial charge >= 0.3 is 11.9 Å². The highest BCUT2D eigenvalue weighted by Gasteiger charge is 2.36. The molecule has 39 heavy (non-hydrogen) atoms. The van der Waals surface area contributed by atoms with Crippen molar-refractivity contribution in [3.05, 3.63) is 102 Å². The molecule has 5 aromatic rings. The third-order valence-electron chi connectivity index (χ3n) is 6.62. The van der Waals surface area contributed by atoms with E-state index in [2.05, 4.69) is 15.4 Å². The number of imidazole rings is 1.